The normalized spacial score (nSPS) is 32.1. The fourth-order valence-corrected chi connectivity index (χ4v) is 5.05. The zero-order valence-corrected chi connectivity index (χ0v) is 18.2. The molecule has 0 aromatic carbocycles. The van der Waals surface area contributed by atoms with Crippen LogP contribution in [0.5, 0.6) is 0 Å². The van der Waals surface area contributed by atoms with Crippen LogP contribution in [0.3, 0.4) is 0 Å². The molecule has 3 aliphatic rings. The third-order valence-corrected chi connectivity index (χ3v) is 6.90. The first kappa shape index (κ1) is 21.4. The molecule has 2 saturated heterocycles. The Morgan fingerprint density at radius 3 is 2.46 bits per heavy atom. The van der Waals surface area contributed by atoms with Gasteiger partial charge in [0, 0.05) is 51.9 Å². The van der Waals surface area contributed by atoms with Gasteiger partial charge in [-0.3, -0.25) is 9.79 Å². The molecule has 0 spiro atoms. The molecule has 2 aliphatic heterocycles. The highest BCUT2D eigenvalue weighted by molar-refractivity contribution is 5.82. The molecule has 3 fully saturated rings. The number of carbonyl (C=O) groups excluding carboxylic acids is 1. The van der Waals surface area contributed by atoms with Crippen LogP contribution in [0.1, 0.15) is 45.4 Å². The summed E-state index contributed by atoms with van der Waals surface area (Å²) in [6.45, 7) is 7.15. The maximum atomic E-state index is 12.6. The van der Waals surface area contributed by atoms with E-state index in [1.54, 1.807) is 0 Å². The number of likely N-dealkylation sites (N-methyl/N-ethyl adjacent to an activating group) is 1. The van der Waals surface area contributed by atoms with Gasteiger partial charge in [-0.15, -0.1) is 0 Å². The lowest BCUT2D eigenvalue weighted by Crippen LogP contribution is -2.59. The Kier molecular flexibility index (Phi) is 7.20. The molecular weight excluding hydrogens is 354 g/mol. The molecule has 1 amide bonds. The fourth-order valence-electron chi connectivity index (χ4n) is 5.05. The lowest BCUT2D eigenvalue weighted by atomic mass is 9.75. The Hall–Kier alpha value is -1.34. The number of carbonyl (C=O) groups is 1. The minimum atomic E-state index is -0.211. The first-order valence-electron chi connectivity index (χ1n) is 11.0. The molecule has 3 rings (SSSR count). The molecule has 28 heavy (non-hydrogen) atoms. The summed E-state index contributed by atoms with van der Waals surface area (Å²) in [5.41, 5.74) is 0.200. The second-order valence-electron chi connectivity index (χ2n) is 9.04. The van der Waals surface area contributed by atoms with Gasteiger partial charge in [-0.1, -0.05) is 19.8 Å². The summed E-state index contributed by atoms with van der Waals surface area (Å²) in [7, 11) is 6.27. The van der Waals surface area contributed by atoms with Gasteiger partial charge in [0.1, 0.15) is 6.10 Å². The van der Waals surface area contributed by atoms with E-state index in [1.807, 2.05) is 11.9 Å². The first-order valence-corrected chi connectivity index (χ1v) is 11.0. The molecule has 3 unspecified atom stereocenters. The molecule has 0 aromatic rings. The molecular formula is C21H39N5O2. The van der Waals surface area contributed by atoms with E-state index in [2.05, 4.69) is 41.1 Å². The lowest BCUT2D eigenvalue weighted by molar-refractivity contribution is -0.142. The van der Waals surface area contributed by atoms with Crippen molar-refractivity contribution in [2.75, 3.05) is 60.5 Å². The number of aliphatic imine (C=N–C) groups is 1. The molecule has 1 saturated carbocycles. The van der Waals surface area contributed by atoms with Gasteiger partial charge in [0.2, 0.25) is 0 Å². The van der Waals surface area contributed by atoms with Gasteiger partial charge >= 0.3 is 0 Å². The van der Waals surface area contributed by atoms with E-state index >= 15 is 0 Å². The second-order valence-corrected chi connectivity index (χ2v) is 9.04. The number of nitrogens with zero attached hydrogens (tertiary/aromatic N) is 4. The summed E-state index contributed by atoms with van der Waals surface area (Å²) in [5.74, 6) is 1.90. The van der Waals surface area contributed by atoms with Gasteiger partial charge in [0.25, 0.3) is 5.91 Å². The average molecular weight is 394 g/mol. The maximum Gasteiger partial charge on any atom is 0.251 e. The van der Waals surface area contributed by atoms with Gasteiger partial charge in [0.05, 0.1) is 0 Å². The zero-order valence-electron chi connectivity index (χ0n) is 18.2. The van der Waals surface area contributed by atoms with E-state index in [9.17, 15) is 4.79 Å². The minimum Gasteiger partial charge on any atom is -0.368 e. The highest BCUT2D eigenvalue weighted by Gasteiger charge is 2.37. The largest absolute Gasteiger partial charge is 0.368 e. The van der Waals surface area contributed by atoms with E-state index in [1.165, 1.54) is 25.7 Å². The smallest absolute Gasteiger partial charge is 0.251 e. The summed E-state index contributed by atoms with van der Waals surface area (Å²) in [6.07, 6.45) is 6.75. The van der Waals surface area contributed by atoms with Gasteiger partial charge in [-0.2, -0.15) is 0 Å². The van der Waals surface area contributed by atoms with Crippen molar-refractivity contribution in [3.63, 3.8) is 0 Å². The molecule has 0 bridgehead atoms. The number of ether oxygens (including phenoxy) is 1. The number of hydrogen-bond donors (Lipinski definition) is 1. The maximum absolute atomic E-state index is 12.6. The Morgan fingerprint density at radius 2 is 1.89 bits per heavy atom. The SMILES string of the molecule is CN=C(NCC1(N(C)C)CCCC(C)C1)N1CCN(C(=O)C2CCCO2)CC1. The Labute approximate surface area is 170 Å². The third-order valence-electron chi connectivity index (χ3n) is 6.90. The minimum absolute atomic E-state index is 0.169. The van der Waals surface area contributed by atoms with Crippen LogP contribution < -0.4 is 5.32 Å². The van der Waals surface area contributed by atoms with Crippen LogP contribution in [0.15, 0.2) is 4.99 Å². The van der Waals surface area contributed by atoms with Crippen LogP contribution in [0, 0.1) is 5.92 Å². The molecule has 0 aromatic heterocycles. The molecule has 2 heterocycles. The van der Waals surface area contributed by atoms with Crippen LogP contribution in [0.2, 0.25) is 0 Å². The van der Waals surface area contributed by atoms with Crippen molar-refractivity contribution in [1.29, 1.82) is 0 Å². The highest BCUT2D eigenvalue weighted by atomic mass is 16.5. The standard InChI is InChI=1S/C21H39N5O2/c1-17-7-5-9-21(15-17,24(3)4)16-23-20(22-2)26-12-10-25(11-13-26)19(27)18-8-6-14-28-18/h17-18H,5-16H2,1-4H3,(H,22,23). The van der Waals surface area contributed by atoms with Crippen LogP contribution >= 0.6 is 0 Å². The summed E-state index contributed by atoms with van der Waals surface area (Å²) in [4.78, 5) is 23.7. The quantitative estimate of drug-likeness (QED) is 0.578. The van der Waals surface area contributed by atoms with Crippen LogP contribution in [0.4, 0.5) is 0 Å². The van der Waals surface area contributed by atoms with Gasteiger partial charge < -0.3 is 24.8 Å². The van der Waals surface area contributed by atoms with E-state index in [0.717, 1.165) is 64.0 Å². The van der Waals surface area contributed by atoms with Gasteiger partial charge in [-0.25, -0.2) is 0 Å². The van der Waals surface area contributed by atoms with E-state index in [4.69, 9.17) is 4.74 Å². The van der Waals surface area contributed by atoms with Crippen LogP contribution in [-0.4, -0.2) is 98.7 Å². The number of piperazine rings is 1. The fraction of sp³-hybridized carbons (Fsp3) is 0.905. The predicted octanol–water partition coefficient (Wildman–Crippen LogP) is 1.40. The Morgan fingerprint density at radius 1 is 1.18 bits per heavy atom. The van der Waals surface area contributed by atoms with Crippen molar-refractivity contribution >= 4 is 11.9 Å². The van der Waals surface area contributed by atoms with Crippen LogP contribution in [0.25, 0.3) is 0 Å². The van der Waals surface area contributed by atoms with E-state index in [-0.39, 0.29) is 17.6 Å². The zero-order chi connectivity index (χ0) is 20.1. The molecule has 1 aliphatic carbocycles. The Balaban J connectivity index is 1.52. The number of nitrogens with one attached hydrogen (secondary N) is 1. The number of guanidine groups is 1. The monoisotopic (exact) mass is 393 g/mol. The number of amides is 1. The van der Waals surface area contributed by atoms with Crippen molar-refractivity contribution in [1.82, 2.24) is 20.0 Å². The predicted molar refractivity (Wildman–Crippen MR) is 113 cm³/mol. The molecule has 7 nitrogen and oxygen atoms in total. The molecule has 1 N–H and O–H groups in total. The average Bonchev–Trinajstić information content (AvgIpc) is 3.23. The summed E-state index contributed by atoms with van der Waals surface area (Å²) < 4.78 is 5.57. The van der Waals surface area contributed by atoms with Crippen molar-refractivity contribution in [3.8, 4) is 0 Å². The van der Waals surface area contributed by atoms with E-state index in [0.29, 0.717) is 0 Å². The third kappa shape index (κ3) is 4.79. The highest BCUT2D eigenvalue weighted by Crippen LogP contribution is 2.35. The number of hydrogen-bond acceptors (Lipinski definition) is 4. The topological polar surface area (TPSA) is 60.4 Å². The second kappa shape index (κ2) is 9.44. The van der Waals surface area contributed by atoms with Gasteiger partial charge in [0.15, 0.2) is 5.96 Å². The lowest BCUT2D eigenvalue weighted by Gasteiger charge is -2.46. The van der Waals surface area contributed by atoms with Crippen molar-refractivity contribution in [3.05, 3.63) is 0 Å². The summed E-state index contributed by atoms with van der Waals surface area (Å²) in [5, 5.41) is 3.66. The van der Waals surface area contributed by atoms with Crippen molar-refractivity contribution in [2.45, 2.75) is 57.1 Å². The molecule has 0 radical (unpaired) electrons. The Bertz CT molecular complexity index is 553. The molecule has 7 heteroatoms. The van der Waals surface area contributed by atoms with Gasteiger partial charge in [-0.05, 0) is 45.7 Å². The summed E-state index contributed by atoms with van der Waals surface area (Å²) >= 11 is 0. The summed E-state index contributed by atoms with van der Waals surface area (Å²) in [6, 6.07) is 0. The van der Waals surface area contributed by atoms with Crippen LogP contribution in [-0.2, 0) is 9.53 Å². The van der Waals surface area contributed by atoms with Crippen molar-refractivity contribution in [2.24, 2.45) is 10.9 Å². The first-order chi connectivity index (χ1) is 13.4. The van der Waals surface area contributed by atoms with E-state index < -0.39 is 0 Å². The van der Waals surface area contributed by atoms with Crippen molar-refractivity contribution < 1.29 is 9.53 Å². The molecule has 3 atom stereocenters. The number of rotatable bonds is 4. The molecule has 160 valence electrons.